The van der Waals surface area contributed by atoms with Crippen LogP contribution in [0.4, 0.5) is 0 Å². The van der Waals surface area contributed by atoms with Crippen molar-refractivity contribution in [1.29, 1.82) is 0 Å². The first-order valence-electron chi connectivity index (χ1n) is 7.61. The van der Waals surface area contributed by atoms with Gasteiger partial charge in [0.15, 0.2) is 11.5 Å². The molecule has 1 aliphatic rings. The standard InChI is InChI=1S/C16H24N2O4/c1-20-15-9-13(4-5-14(15)22-8-6-17)16(19)18-10-12-3-2-7-21-11-12/h4-5,9,12H,2-3,6-8,10-11,17H2,1H3,(H,18,19)/t12-/m0/s1. The molecule has 1 amide bonds. The summed E-state index contributed by atoms with van der Waals surface area (Å²) in [4.78, 5) is 12.2. The van der Waals surface area contributed by atoms with Crippen molar-refractivity contribution in [1.82, 2.24) is 5.32 Å². The molecule has 0 saturated carbocycles. The van der Waals surface area contributed by atoms with Gasteiger partial charge in [0.05, 0.1) is 13.7 Å². The molecule has 1 aromatic rings. The first-order chi connectivity index (χ1) is 10.7. The Morgan fingerprint density at radius 2 is 2.32 bits per heavy atom. The highest BCUT2D eigenvalue weighted by molar-refractivity contribution is 5.94. The van der Waals surface area contributed by atoms with Gasteiger partial charge < -0.3 is 25.3 Å². The Morgan fingerprint density at radius 1 is 1.45 bits per heavy atom. The second-order valence-electron chi connectivity index (χ2n) is 5.30. The van der Waals surface area contributed by atoms with Crippen LogP contribution in [0.2, 0.25) is 0 Å². The van der Waals surface area contributed by atoms with Gasteiger partial charge in [-0.2, -0.15) is 0 Å². The first-order valence-corrected chi connectivity index (χ1v) is 7.61. The Hall–Kier alpha value is -1.79. The van der Waals surface area contributed by atoms with E-state index < -0.39 is 0 Å². The van der Waals surface area contributed by atoms with E-state index in [9.17, 15) is 4.79 Å². The van der Waals surface area contributed by atoms with Crippen LogP contribution in [0.25, 0.3) is 0 Å². The molecule has 0 aliphatic carbocycles. The number of nitrogens with one attached hydrogen (secondary N) is 1. The molecule has 1 aromatic carbocycles. The first kappa shape index (κ1) is 16.6. The van der Waals surface area contributed by atoms with E-state index in [-0.39, 0.29) is 5.91 Å². The van der Waals surface area contributed by atoms with Crippen LogP contribution in [0.15, 0.2) is 18.2 Å². The molecule has 6 nitrogen and oxygen atoms in total. The van der Waals surface area contributed by atoms with Crippen LogP contribution in [0.5, 0.6) is 11.5 Å². The summed E-state index contributed by atoms with van der Waals surface area (Å²) >= 11 is 0. The van der Waals surface area contributed by atoms with Gasteiger partial charge in [-0.15, -0.1) is 0 Å². The number of hydrogen-bond acceptors (Lipinski definition) is 5. The molecule has 0 aromatic heterocycles. The molecular weight excluding hydrogens is 284 g/mol. The Kier molecular flexibility index (Phi) is 6.48. The Balaban J connectivity index is 1.93. The minimum atomic E-state index is -0.116. The number of carbonyl (C=O) groups excluding carboxylic acids is 1. The molecular formula is C16H24N2O4. The van der Waals surface area contributed by atoms with Gasteiger partial charge in [0.25, 0.3) is 5.91 Å². The van der Waals surface area contributed by atoms with Gasteiger partial charge in [-0.1, -0.05) is 0 Å². The summed E-state index contributed by atoms with van der Waals surface area (Å²) in [5, 5.41) is 2.95. The number of amides is 1. The Morgan fingerprint density at radius 3 is 3.00 bits per heavy atom. The van der Waals surface area contributed by atoms with Gasteiger partial charge in [0.2, 0.25) is 0 Å². The van der Waals surface area contributed by atoms with Gasteiger partial charge in [-0.3, -0.25) is 4.79 Å². The van der Waals surface area contributed by atoms with Crippen molar-refractivity contribution in [3.05, 3.63) is 23.8 Å². The van der Waals surface area contributed by atoms with Crippen LogP contribution in [0, 0.1) is 5.92 Å². The third-order valence-corrected chi connectivity index (χ3v) is 3.61. The van der Waals surface area contributed by atoms with Gasteiger partial charge in [-0.25, -0.2) is 0 Å². The summed E-state index contributed by atoms with van der Waals surface area (Å²) in [6.45, 7) is 3.01. The topological polar surface area (TPSA) is 82.8 Å². The van der Waals surface area contributed by atoms with Gasteiger partial charge in [-0.05, 0) is 37.0 Å². The normalized spacial score (nSPS) is 17.8. The average molecular weight is 308 g/mol. The molecule has 1 atom stereocenters. The lowest BCUT2D eigenvalue weighted by Gasteiger charge is -2.22. The predicted octanol–water partition coefficient (Wildman–Crippen LogP) is 1.19. The second-order valence-corrected chi connectivity index (χ2v) is 5.30. The molecule has 0 unspecified atom stereocenters. The molecule has 3 N–H and O–H groups in total. The van der Waals surface area contributed by atoms with E-state index in [4.69, 9.17) is 19.9 Å². The number of benzene rings is 1. The van der Waals surface area contributed by atoms with Gasteiger partial charge >= 0.3 is 0 Å². The smallest absolute Gasteiger partial charge is 0.251 e. The van der Waals surface area contributed by atoms with Crippen LogP contribution in [-0.4, -0.2) is 45.9 Å². The molecule has 1 aliphatic heterocycles. The largest absolute Gasteiger partial charge is 0.493 e. The fourth-order valence-corrected chi connectivity index (χ4v) is 2.40. The fourth-order valence-electron chi connectivity index (χ4n) is 2.40. The monoisotopic (exact) mass is 308 g/mol. The van der Waals surface area contributed by atoms with E-state index >= 15 is 0 Å². The molecule has 0 radical (unpaired) electrons. The minimum Gasteiger partial charge on any atom is -0.493 e. The lowest BCUT2D eigenvalue weighted by Crippen LogP contribution is -2.33. The maximum absolute atomic E-state index is 12.2. The summed E-state index contributed by atoms with van der Waals surface area (Å²) in [7, 11) is 1.55. The summed E-state index contributed by atoms with van der Waals surface area (Å²) in [6, 6.07) is 5.13. The molecule has 1 heterocycles. The highest BCUT2D eigenvalue weighted by Gasteiger charge is 2.16. The summed E-state index contributed by atoms with van der Waals surface area (Å²) in [5.41, 5.74) is 5.97. The zero-order valence-corrected chi connectivity index (χ0v) is 13.0. The molecule has 0 spiro atoms. The summed E-state index contributed by atoms with van der Waals surface area (Å²) < 4.78 is 16.1. The highest BCUT2D eigenvalue weighted by atomic mass is 16.5. The number of nitrogens with two attached hydrogens (primary N) is 1. The van der Waals surface area contributed by atoms with Crippen LogP contribution in [0.1, 0.15) is 23.2 Å². The second kappa shape index (κ2) is 8.60. The minimum absolute atomic E-state index is 0.116. The maximum atomic E-state index is 12.2. The highest BCUT2D eigenvalue weighted by Crippen LogP contribution is 2.28. The van der Waals surface area contributed by atoms with Crippen molar-refractivity contribution >= 4 is 5.91 Å². The van der Waals surface area contributed by atoms with Crippen molar-refractivity contribution < 1.29 is 19.0 Å². The van der Waals surface area contributed by atoms with E-state index in [2.05, 4.69) is 5.32 Å². The third kappa shape index (κ3) is 4.61. The fraction of sp³-hybridized carbons (Fsp3) is 0.562. The van der Waals surface area contributed by atoms with Crippen molar-refractivity contribution in [2.24, 2.45) is 11.7 Å². The Bertz CT molecular complexity index is 487. The third-order valence-electron chi connectivity index (χ3n) is 3.61. The molecule has 0 bridgehead atoms. The zero-order chi connectivity index (χ0) is 15.8. The molecule has 2 rings (SSSR count). The quantitative estimate of drug-likeness (QED) is 0.790. The molecule has 122 valence electrons. The van der Waals surface area contributed by atoms with E-state index in [1.807, 2.05) is 0 Å². The van der Waals surface area contributed by atoms with E-state index in [0.717, 1.165) is 26.1 Å². The van der Waals surface area contributed by atoms with Crippen molar-refractivity contribution in [3.8, 4) is 11.5 Å². The maximum Gasteiger partial charge on any atom is 0.251 e. The number of rotatable bonds is 7. The molecule has 22 heavy (non-hydrogen) atoms. The van der Waals surface area contributed by atoms with Crippen molar-refractivity contribution in [2.75, 3.05) is 40.0 Å². The molecule has 1 saturated heterocycles. The zero-order valence-electron chi connectivity index (χ0n) is 13.0. The lowest BCUT2D eigenvalue weighted by atomic mass is 10.0. The summed E-state index contributed by atoms with van der Waals surface area (Å²) in [5.74, 6) is 1.40. The van der Waals surface area contributed by atoms with Gasteiger partial charge in [0.1, 0.15) is 6.61 Å². The summed E-state index contributed by atoms with van der Waals surface area (Å²) in [6.07, 6.45) is 2.15. The van der Waals surface area contributed by atoms with E-state index in [1.54, 1.807) is 25.3 Å². The van der Waals surface area contributed by atoms with Crippen LogP contribution in [-0.2, 0) is 4.74 Å². The molecule has 6 heteroatoms. The lowest BCUT2D eigenvalue weighted by molar-refractivity contribution is 0.0536. The van der Waals surface area contributed by atoms with Crippen LogP contribution in [0.3, 0.4) is 0 Å². The number of methoxy groups -OCH3 is 1. The number of ether oxygens (including phenoxy) is 3. The van der Waals surface area contributed by atoms with Gasteiger partial charge in [0, 0.05) is 25.3 Å². The number of hydrogen-bond donors (Lipinski definition) is 2. The molecule has 1 fully saturated rings. The van der Waals surface area contributed by atoms with E-state index in [1.165, 1.54) is 0 Å². The van der Waals surface area contributed by atoms with Crippen molar-refractivity contribution in [3.63, 3.8) is 0 Å². The van der Waals surface area contributed by atoms with Crippen LogP contribution >= 0.6 is 0 Å². The SMILES string of the molecule is COc1cc(C(=O)NC[C@@H]2CCCOC2)ccc1OCCN. The van der Waals surface area contributed by atoms with Crippen molar-refractivity contribution in [2.45, 2.75) is 12.8 Å². The van der Waals surface area contributed by atoms with Crippen LogP contribution < -0.4 is 20.5 Å². The average Bonchev–Trinajstić information content (AvgIpc) is 2.58. The number of carbonyl (C=O) groups is 1. The predicted molar refractivity (Wildman–Crippen MR) is 83.4 cm³/mol. The Labute approximate surface area is 130 Å². The van der Waals surface area contributed by atoms with E-state index in [0.29, 0.717) is 42.7 Å².